The van der Waals surface area contributed by atoms with E-state index in [1.807, 2.05) is 63.2 Å². The molecule has 5 nitrogen and oxygen atoms in total. The van der Waals surface area contributed by atoms with Crippen LogP contribution in [0.2, 0.25) is 0 Å². The minimum absolute atomic E-state index is 0.0392. The Bertz CT molecular complexity index is 716. The van der Waals surface area contributed by atoms with Crippen molar-refractivity contribution in [2.24, 2.45) is 0 Å². The number of aliphatic hydroxyl groups is 1. The second kappa shape index (κ2) is 9.08. The minimum Gasteiger partial charge on any atom is -0.494 e. The van der Waals surface area contributed by atoms with E-state index in [0.717, 1.165) is 22.5 Å². The van der Waals surface area contributed by atoms with Gasteiger partial charge in [0.1, 0.15) is 5.75 Å². The Morgan fingerprint density at radius 3 is 2.68 bits per heavy atom. The number of nitrogens with one attached hydrogen (secondary N) is 2. The Morgan fingerprint density at radius 1 is 1.24 bits per heavy atom. The minimum atomic E-state index is -0.0903. The van der Waals surface area contributed by atoms with Crippen molar-refractivity contribution in [1.29, 1.82) is 0 Å². The number of para-hydroxylation sites is 1. The number of carbonyl (C=O) groups is 1. The van der Waals surface area contributed by atoms with Gasteiger partial charge >= 0.3 is 0 Å². The molecule has 0 saturated carbocycles. The molecule has 0 bridgehead atoms. The summed E-state index contributed by atoms with van der Waals surface area (Å²) in [6, 6.07) is 13.2. The highest BCUT2D eigenvalue weighted by atomic mass is 16.5. The molecule has 2 aromatic carbocycles. The molecular weight excluding hydrogens is 316 g/mol. The normalized spacial score (nSPS) is 11.7. The lowest BCUT2D eigenvalue weighted by Crippen LogP contribution is -2.24. The smallest absolute Gasteiger partial charge is 0.226 e. The van der Waals surface area contributed by atoms with E-state index < -0.39 is 0 Å². The number of anilines is 2. The van der Waals surface area contributed by atoms with Crippen LogP contribution >= 0.6 is 0 Å². The van der Waals surface area contributed by atoms with Gasteiger partial charge in [-0.15, -0.1) is 0 Å². The zero-order valence-corrected chi connectivity index (χ0v) is 15.0. The molecule has 2 aromatic rings. The molecule has 0 heterocycles. The molecular formula is C20H26N2O3. The molecule has 1 unspecified atom stereocenters. The zero-order valence-electron chi connectivity index (χ0n) is 15.0. The highest BCUT2D eigenvalue weighted by Crippen LogP contribution is 2.24. The summed E-state index contributed by atoms with van der Waals surface area (Å²) in [5.74, 6) is 0.642. The molecule has 5 heteroatoms. The number of benzene rings is 2. The molecule has 0 aliphatic heterocycles. The van der Waals surface area contributed by atoms with Crippen LogP contribution < -0.4 is 15.4 Å². The van der Waals surface area contributed by atoms with Crippen LogP contribution in [0.15, 0.2) is 42.5 Å². The Morgan fingerprint density at radius 2 is 2.00 bits per heavy atom. The third-order valence-corrected chi connectivity index (χ3v) is 3.85. The second-order valence-electron chi connectivity index (χ2n) is 6.03. The van der Waals surface area contributed by atoms with Crippen molar-refractivity contribution in [3.05, 3.63) is 53.6 Å². The number of amides is 1. The number of aliphatic hydroxyl groups excluding tert-OH is 1. The summed E-state index contributed by atoms with van der Waals surface area (Å²) in [7, 11) is 0. The van der Waals surface area contributed by atoms with Crippen LogP contribution in [-0.2, 0) is 11.4 Å². The quantitative estimate of drug-likeness (QED) is 0.684. The van der Waals surface area contributed by atoms with Gasteiger partial charge in [0.05, 0.1) is 13.2 Å². The van der Waals surface area contributed by atoms with Gasteiger partial charge in [-0.05, 0) is 50.6 Å². The first-order valence-electron chi connectivity index (χ1n) is 8.52. The first-order valence-corrected chi connectivity index (χ1v) is 8.52. The first kappa shape index (κ1) is 18.8. The largest absolute Gasteiger partial charge is 0.494 e. The maximum Gasteiger partial charge on any atom is 0.226 e. The van der Waals surface area contributed by atoms with Crippen LogP contribution in [0, 0.1) is 6.92 Å². The van der Waals surface area contributed by atoms with Crippen molar-refractivity contribution < 1.29 is 14.6 Å². The fraction of sp³-hybridized carbons (Fsp3) is 0.350. The Labute approximate surface area is 149 Å². The van der Waals surface area contributed by atoms with Gasteiger partial charge in [-0.3, -0.25) is 4.79 Å². The molecule has 0 spiro atoms. The molecule has 0 fully saturated rings. The molecule has 1 atom stereocenters. The zero-order chi connectivity index (χ0) is 18.2. The van der Waals surface area contributed by atoms with Crippen molar-refractivity contribution in [3.8, 4) is 5.75 Å². The number of rotatable bonds is 8. The third-order valence-electron chi connectivity index (χ3n) is 3.85. The lowest BCUT2D eigenvalue weighted by atomic mass is 10.1. The summed E-state index contributed by atoms with van der Waals surface area (Å²) in [6.07, 6.45) is 0.343. The molecule has 25 heavy (non-hydrogen) atoms. The van der Waals surface area contributed by atoms with Crippen LogP contribution in [0.3, 0.4) is 0 Å². The van der Waals surface area contributed by atoms with Crippen molar-refractivity contribution in [2.45, 2.75) is 39.8 Å². The van der Waals surface area contributed by atoms with E-state index in [4.69, 9.17) is 4.74 Å². The molecule has 0 aliphatic rings. The average Bonchev–Trinajstić information content (AvgIpc) is 2.58. The van der Waals surface area contributed by atoms with E-state index >= 15 is 0 Å². The molecule has 134 valence electrons. The number of ether oxygens (including phenoxy) is 1. The molecule has 0 saturated heterocycles. The predicted molar refractivity (Wildman–Crippen MR) is 101 cm³/mol. The van der Waals surface area contributed by atoms with E-state index in [2.05, 4.69) is 10.6 Å². The van der Waals surface area contributed by atoms with Gasteiger partial charge in [-0.1, -0.05) is 18.2 Å². The van der Waals surface area contributed by atoms with Gasteiger partial charge in [-0.2, -0.15) is 0 Å². The second-order valence-corrected chi connectivity index (χ2v) is 6.03. The standard InChI is InChI=1S/C20H26N2O3/c1-4-25-19-10-9-17(12-16(19)13-23)21-15(3)11-20(24)22-18-8-6-5-7-14(18)2/h5-10,12,15,21,23H,4,11,13H2,1-3H3,(H,22,24). The topological polar surface area (TPSA) is 70.6 Å². The monoisotopic (exact) mass is 342 g/mol. The van der Waals surface area contributed by atoms with Crippen LogP contribution in [0.4, 0.5) is 11.4 Å². The van der Waals surface area contributed by atoms with E-state index in [9.17, 15) is 9.90 Å². The Kier molecular flexibility index (Phi) is 6.83. The number of hydrogen-bond acceptors (Lipinski definition) is 4. The van der Waals surface area contributed by atoms with E-state index in [1.54, 1.807) is 0 Å². The Hall–Kier alpha value is -2.53. The predicted octanol–water partition coefficient (Wildman–Crippen LogP) is 3.72. The summed E-state index contributed by atoms with van der Waals surface area (Å²) in [4.78, 5) is 12.2. The summed E-state index contributed by atoms with van der Waals surface area (Å²) >= 11 is 0. The average molecular weight is 342 g/mol. The maximum atomic E-state index is 12.2. The summed E-state index contributed by atoms with van der Waals surface area (Å²) in [6.45, 7) is 6.28. The number of aryl methyl sites for hydroxylation is 1. The molecule has 0 aromatic heterocycles. The van der Waals surface area contributed by atoms with Gasteiger partial charge in [-0.25, -0.2) is 0 Å². The van der Waals surface area contributed by atoms with Crippen molar-refractivity contribution in [2.75, 3.05) is 17.2 Å². The Balaban J connectivity index is 1.94. The SMILES string of the molecule is CCOc1ccc(NC(C)CC(=O)Nc2ccccc2C)cc1CO. The van der Waals surface area contributed by atoms with Crippen molar-refractivity contribution >= 4 is 17.3 Å². The van der Waals surface area contributed by atoms with Gasteiger partial charge in [0.15, 0.2) is 0 Å². The lowest BCUT2D eigenvalue weighted by molar-refractivity contribution is -0.116. The highest BCUT2D eigenvalue weighted by Gasteiger charge is 2.11. The summed E-state index contributed by atoms with van der Waals surface area (Å²) in [5.41, 5.74) is 3.45. The maximum absolute atomic E-state index is 12.2. The van der Waals surface area contributed by atoms with Gasteiger partial charge < -0.3 is 20.5 Å². The first-order chi connectivity index (χ1) is 12.0. The molecule has 3 N–H and O–H groups in total. The molecule has 0 radical (unpaired) electrons. The fourth-order valence-corrected chi connectivity index (χ4v) is 2.62. The van der Waals surface area contributed by atoms with Gasteiger partial charge in [0.25, 0.3) is 0 Å². The molecule has 0 aliphatic carbocycles. The van der Waals surface area contributed by atoms with Crippen molar-refractivity contribution in [1.82, 2.24) is 0 Å². The van der Waals surface area contributed by atoms with E-state index in [-0.39, 0.29) is 18.6 Å². The van der Waals surface area contributed by atoms with Gasteiger partial charge in [0, 0.05) is 29.4 Å². The lowest BCUT2D eigenvalue weighted by Gasteiger charge is -2.17. The van der Waals surface area contributed by atoms with Crippen LogP contribution in [0.1, 0.15) is 31.4 Å². The van der Waals surface area contributed by atoms with E-state index in [0.29, 0.717) is 18.8 Å². The third kappa shape index (κ3) is 5.50. The highest BCUT2D eigenvalue weighted by molar-refractivity contribution is 5.92. The number of carbonyl (C=O) groups excluding carboxylic acids is 1. The van der Waals surface area contributed by atoms with Crippen LogP contribution in [-0.4, -0.2) is 23.7 Å². The number of hydrogen-bond donors (Lipinski definition) is 3. The van der Waals surface area contributed by atoms with Crippen LogP contribution in [0.5, 0.6) is 5.75 Å². The van der Waals surface area contributed by atoms with Crippen molar-refractivity contribution in [3.63, 3.8) is 0 Å². The fourth-order valence-electron chi connectivity index (χ4n) is 2.62. The van der Waals surface area contributed by atoms with Gasteiger partial charge in [0.2, 0.25) is 5.91 Å². The van der Waals surface area contributed by atoms with E-state index in [1.165, 1.54) is 0 Å². The summed E-state index contributed by atoms with van der Waals surface area (Å²) < 4.78 is 5.48. The molecule has 1 amide bonds. The van der Waals surface area contributed by atoms with Crippen LogP contribution in [0.25, 0.3) is 0 Å². The summed E-state index contributed by atoms with van der Waals surface area (Å²) in [5, 5.41) is 15.7. The molecule has 2 rings (SSSR count).